The first kappa shape index (κ1) is 12.1. The summed E-state index contributed by atoms with van der Waals surface area (Å²) >= 11 is 0. The molecule has 1 aliphatic heterocycles. The molecule has 1 heterocycles. The van der Waals surface area contributed by atoms with Crippen molar-refractivity contribution in [3.05, 3.63) is 35.4 Å². The fraction of sp³-hybridized carbons (Fsp3) is 0.500. The van der Waals surface area contributed by atoms with E-state index in [9.17, 15) is 9.90 Å². The zero-order valence-electron chi connectivity index (χ0n) is 10.2. The van der Waals surface area contributed by atoms with Gasteiger partial charge in [-0.2, -0.15) is 0 Å². The zero-order chi connectivity index (χ0) is 12.3. The average molecular weight is 233 g/mol. The summed E-state index contributed by atoms with van der Waals surface area (Å²) < 4.78 is 0. The van der Waals surface area contributed by atoms with Crippen molar-refractivity contribution < 1.29 is 9.90 Å². The third-order valence-corrected chi connectivity index (χ3v) is 3.42. The summed E-state index contributed by atoms with van der Waals surface area (Å²) in [6, 6.07) is 7.99. The minimum absolute atomic E-state index is 0.172. The van der Waals surface area contributed by atoms with Gasteiger partial charge in [0.05, 0.1) is 12.5 Å². The van der Waals surface area contributed by atoms with Crippen LogP contribution in [0.2, 0.25) is 0 Å². The molecule has 92 valence electrons. The van der Waals surface area contributed by atoms with Crippen LogP contribution in [0, 0.1) is 6.92 Å². The zero-order valence-corrected chi connectivity index (χ0v) is 10.2. The lowest BCUT2D eigenvalue weighted by Gasteiger charge is -2.29. The van der Waals surface area contributed by atoms with Gasteiger partial charge in [-0.1, -0.05) is 24.3 Å². The predicted octanol–water partition coefficient (Wildman–Crippen LogP) is 1.52. The first-order valence-corrected chi connectivity index (χ1v) is 6.17. The Morgan fingerprint density at radius 2 is 2.00 bits per heavy atom. The number of carbonyl (C=O) groups is 1. The van der Waals surface area contributed by atoms with Crippen LogP contribution in [0.25, 0.3) is 0 Å². The molecule has 2 rings (SSSR count). The smallest absolute Gasteiger partial charge is 0.227 e. The summed E-state index contributed by atoms with van der Waals surface area (Å²) in [5.74, 6) is 0.172. The van der Waals surface area contributed by atoms with Crippen molar-refractivity contribution in [1.82, 2.24) is 4.90 Å². The van der Waals surface area contributed by atoms with Gasteiger partial charge in [-0.25, -0.2) is 0 Å². The van der Waals surface area contributed by atoms with Gasteiger partial charge in [0, 0.05) is 13.1 Å². The van der Waals surface area contributed by atoms with Crippen molar-refractivity contribution in [3.8, 4) is 0 Å². The number of piperidine rings is 1. The van der Waals surface area contributed by atoms with Gasteiger partial charge in [0.15, 0.2) is 0 Å². The fourth-order valence-electron chi connectivity index (χ4n) is 2.20. The number of amides is 1. The maximum absolute atomic E-state index is 12.1. The van der Waals surface area contributed by atoms with E-state index < -0.39 is 0 Å². The van der Waals surface area contributed by atoms with E-state index in [0.717, 1.165) is 11.1 Å². The van der Waals surface area contributed by atoms with Crippen molar-refractivity contribution >= 4 is 5.91 Å². The Hall–Kier alpha value is -1.35. The standard InChI is InChI=1S/C14H19NO2/c1-11-4-2-3-5-12(11)10-14(17)15-8-6-13(16)7-9-15/h2-5,13,16H,6-10H2,1H3. The van der Waals surface area contributed by atoms with Crippen LogP contribution in [0.15, 0.2) is 24.3 Å². The van der Waals surface area contributed by atoms with Crippen LogP contribution in [0.4, 0.5) is 0 Å². The third kappa shape index (κ3) is 3.07. The summed E-state index contributed by atoms with van der Waals surface area (Å²) in [6.07, 6.45) is 1.67. The lowest BCUT2D eigenvalue weighted by Crippen LogP contribution is -2.40. The number of hydrogen-bond donors (Lipinski definition) is 1. The van der Waals surface area contributed by atoms with Gasteiger partial charge in [0.2, 0.25) is 5.91 Å². The molecule has 1 aromatic carbocycles. The number of aliphatic hydroxyl groups is 1. The molecule has 0 radical (unpaired) electrons. The molecule has 0 aromatic heterocycles. The highest BCUT2D eigenvalue weighted by molar-refractivity contribution is 5.79. The Bertz CT molecular complexity index is 395. The van der Waals surface area contributed by atoms with Crippen LogP contribution in [-0.4, -0.2) is 35.1 Å². The molecule has 3 nitrogen and oxygen atoms in total. The van der Waals surface area contributed by atoms with E-state index in [1.807, 2.05) is 36.1 Å². The summed E-state index contributed by atoms with van der Waals surface area (Å²) in [6.45, 7) is 3.40. The molecule has 1 amide bonds. The van der Waals surface area contributed by atoms with Gasteiger partial charge in [0.25, 0.3) is 0 Å². The highest BCUT2D eigenvalue weighted by Crippen LogP contribution is 2.13. The van der Waals surface area contributed by atoms with Crippen LogP contribution in [0.1, 0.15) is 24.0 Å². The molecule has 0 atom stereocenters. The van der Waals surface area contributed by atoms with Gasteiger partial charge in [-0.05, 0) is 30.9 Å². The van der Waals surface area contributed by atoms with E-state index in [0.29, 0.717) is 32.4 Å². The lowest BCUT2D eigenvalue weighted by atomic mass is 10.0. The van der Waals surface area contributed by atoms with E-state index in [2.05, 4.69) is 0 Å². The van der Waals surface area contributed by atoms with Crippen molar-refractivity contribution in [1.29, 1.82) is 0 Å². The predicted molar refractivity (Wildman–Crippen MR) is 66.7 cm³/mol. The summed E-state index contributed by atoms with van der Waals surface area (Å²) in [7, 11) is 0. The normalized spacial score (nSPS) is 17.2. The topological polar surface area (TPSA) is 40.5 Å². The molecule has 1 N–H and O–H groups in total. The van der Waals surface area contributed by atoms with Crippen molar-refractivity contribution in [2.75, 3.05) is 13.1 Å². The minimum atomic E-state index is -0.225. The average Bonchev–Trinajstić information content (AvgIpc) is 2.33. The number of aliphatic hydroxyl groups excluding tert-OH is 1. The summed E-state index contributed by atoms with van der Waals surface area (Å²) in [5.41, 5.74) is 2.27. The first-order chi connectivity index (χ1) is 8.16. The Morgan fingerprint density at radius 1 is 1.35 bits per heavy atom. The quantitative estimate of drug-likeness (QED) is 0.841. The number of likely N-dealkylation sites (tertiary alicyclic amines) is 1. The Balaban J connectivity index is 1.95. The van der Waals surface area contributed by atoms with Crippen LogP contribution in [-0.2, 0) is 11.2 Å². The number of benzene rings is 1. The summed E-state index contributed by atoms with van der Waals surface area (Å²) in [4.78, 5) is 13.9. The van der Waals surface area contributed by atoms with Gasteiger partial charge in [-0.15, -0.1) is 0 Å². The molecule has 3 heteroatoms. The molecule has 1 fully saturated rings. The second-order valence-electron chi connectivity index (χ2n) is 4.72. The van der Waals surface area contributed by atoms with Crippen molar-refractivity contribution in [3.63, 3.8) is 0 Å². The lowest BCUT2D eigenvalue weighted by molar-refractivity contribution is -0.132. The van der Waals surface area contributed by atoms with Crippen LogP contribution >= 0.6 is 0 Å². The first-order valence-electron chi connectivity index (χ1n) is 6.17. The molecule has 17 heavy (non-hydrogen) atoms. The fourth-order valence-corrected chi connectivity index (χ4v) is 2.20. The van der Waals surface area contributed by atoms with E-state index in [1.165, 1.54) is 0 Å². The minimum Gasteiger partial charge on any atom is -0.393 e. The number of rotatable bonds is 2. The maximum Gasteiger partial charge on any atom is 0.227 e. The Labute approximate surface area is 102 Å². The van der Waals surface area contributed by atoms with Gasteiger partial charge in [0.1, 0.15) is 0 Å². The molecular formula is C14H19NO2. The molecule has 0 saturated carbocycles. The molecule has 0 unspecified atom stereocenters. The van der Waals surface area contributed by atoms with Gasteiger partial charge >= 0.3 is 0 Å². The second kappa shape index (κ2) is 5.32. The maximum atomic E-state index is 12.1. The molecule has 0 bridgehead atoms. The summed E-state index contributed by atoms with van der Waals surface area (Å²) in [5, 5.41) is 9.40. The third-order valence-electron chi connectivity index (χ3n) is 3.42. The molecule has 0 spiro atoms. The molecular weight excluding hydrogens is 214 g/mol. The van der Waals surface area contributed by atoms with Crippen LogP contribution in [0.5, 0.6) is 0 Å². The van der Waals surface area contributed by atoms with Crippen LogP contribution in [0.3, 0.4) is 0 Å². The van der Waals surface area contributed by atoms with E-state index in [-0.39, 0.29) is 12.0 Å². The van der Waals surface area contributed by atoms with Crippen molar-refractivity contribution in [2.24, 2.45) is 0 Å². The van der Waals surface area contributed by atoms with Gasteiger partial charge in [-0.3, -0.25) is 4.79 Å². The second-order valence-corrected chi connectivity index (χ2v) is 4.72. The largest absolute Gasteiger partial charge is 0.393 e. The SMILES string of the molecule is Cc1ccccc1CC(=O)N1CCC(O)CC1. The van der Waals surface area contributed by atoms with Crippen molar-refractivity contribution in [2.45, 2.75) is 32.3 Å². The highest BCUT2D eigenvalue weighted by Gasteiger charge is 2.21. The van der Waals surface area contributed by atoms with Crippen LogP contribution < -0.4 is 0 Å². The molecule has 1 aromatic rings. The Kier molecular flexibility index (Phi) is 3.79. The molecule has 0 aliphatic carbocycles. The number of nitrogens with zero attached hydrogens (tertiary/aromatic N) is 1. The monoisotopic (exact) mass is 233 g/mol. The highest BCUT2D eigenvalue weighted by atomic mass is 16.3. The molecule has 1 aliphatic rings. The van der Waals surface area contributed by atoms with E-state index in [1.54, 1.807) is 0 Å². The number of carbonyl (C=O) groups excluding carboxylic acids is 1. The number of aryl methyl sites for hydroxylation is 1. The molecule has 1 saturated heterocycles. The Morgan fingerprint density at radius 3 is 2.65 bits per heavy atom. The van der Waals surface area contributed by atoms with E-state index in [4.69, 9.17) is 0 Å². The van der Waals surface area contributed by atoms with E-state index >= 15 is 0 Å². The number of hydrogen-bond acceptors (Lipinski definition) is 2. The van der Waals surface area contributed by atoms with Gasteiger partial charge < -0.3 is 10.0 Å².